The lowest BCUT2D eigenvalue weighted by Crippen LogP contribution is -2.32. The Balaban J connectivity index is 2.32. The largest absolute Gasteiger partial charge is 0.493 e. The van der Waals surface area contributed by atoms with Crippen LogP contribution in [0.5, 0.6) is 11.5 Å². The lowest BCUT2D eigenvalue weighted by molar-refractivity contribution is 0.0954. The molecule has 0 aliphatic heterocycles. The second-order valence-electron chi connectivity index (χ2n) is 6.08. The SMILES string of the molecule is CCS(=O)(=O)N(C)c1cc(OC)c(OC)cc1C(=O)NCCc1ccccc1. The van der Waals surface area contributed by atoms with Gasteiger partial charge in [0.1, 0.15) is 0 Å². The summed E-state index contributed by atoms with van der Waals surface area (Å²) in [5.41, 5.74) is 1.53. The molecule has 0 heterocycles. The van der Waals surface area contributed by atoms with E-state index < -0.39 is 10.0 Å². The number of hydrogen-bond donors (Lipinski definition) is 1. The third-order valence-corrected chi connectivity index (χ3v) is 6.17. The molecule has 0 atom stereocenters. The number of methoxy groups -OCH3 is 2. The fraction of sp³-hybridized carbons (Fsp3) is 0.350. The minimum atomic E-state index is -3.56. The van der Waals surface area contributed by atoms with E-state index in [1.54, 1.807) is 6.92 Å². The Bertz CT molecular complexity index is 914. The molecule has 7 nitrogen and oxygen atoms in total. The van der Waals surface area contributed by atoms with Crippen LogP contribution in [0, 0.1) is 0 Å². The summed E-state index contributed by atoms with van der Waals surface area (Å²) in [6.07, 6.45) is 0.665. The Hall–Kier alpha value is -2.74. The highest BCUT2D eigenvalue weighted by Gasteiger charge is 2.24. The lowest BCUT2D eigenvalue weighted by Gasteiger charge is -2.23. The van der Waals surface area contributed by atoms with E-state index in [1.165, 1.54) is 33.4 Å². The number of sulfonamides is 1. The molecule has 2 rings (SSSR count). The van der Waals surface area contributed by atoms with Crippen molar-refractivity contribution in [3.63, 3.8) is 0 Å². The molecule has 0 unspecified atom stereocenters. The molecule has 0 radical (unpaired) electrons. The number of rotatable bonds is 9. The summed E-state index contributed by atoms with van der Waals surface area (Å²) in [7, 11) is 0.773. The van der Waals surface area contributed by atoms with Crippen molar-refractivity contribution in [2.45, 2.75) is 13.3 Å². The maximum absolute atomic E-state index is 12.8. The predicted molar refractivity (Wildman–Crippen MR) is 110 cm³/mol. The molecule has 0 bridgehead atoms. The van der Waals surface area contributed by atoms with Crippen LogP contribution in [-0.4, -0.2) is 47.9 Å². The van der Waals surface area contributed by atoms with Gasteiger partial charge in [0.05, 0.1) is 31.2 Å². The molecule has 0 spiro atoms. The average molecular weight is 407 g/mol. The smallest absolute Gasteiger partial charge is 0.253 e. The van der Waals surface area contributed by atoms with Crippen molar-refractivity contribution >= 4 is 21.6 Å². The van der Waals surface area contributed by atoms with Crippen molar-refractivity contribution in [3.8, 4) is 11.5 Å². The summed E-state index contributed by atoms with van der Waals surface area (Å²) in [5, 5.41) is 2.84. The molecule has 1 amide bonds. The molecular weight excluding hydrogens is 380 g/mol. The van der Waals surface area contributed by atoms with Crippen LogP contribution in [0.25, 0.3) is 0 Å². The molecule has 0 saturated heterocycles. The van der Waals surface area contributed by atoms with Crippen LogP contribution in [-0.2, 0) is 16.4 Å². The first-order chi connectivity index (χ1) is 13.3. The Morgan fingerprint density at radius 2 is 1.68 bits per heavy atom. The van der Waals surface area contributed by atoms with E-state index in [4.69, 9.17) is 9.47 Å². The van der Waals surface area contributed by atoms with Gasteiger partial charge in [-0.2, -0.15) is 0 Å². The molecule has 0 aliphatic rings. The van der Waals surface area contributed by atoms with Gasteiger partial charge >= 0.3 is 0 Å². The first-order valence-corrected chi connectivity index (χ1v) is 10.5. The van der Waals surface area contributed by atoms with Gasteiger partial charge in [-0.25, -0.2) is 8.42 Å². The molecular formula is C20H26N2O5S. The van der Waals surface area contributed by atoms with Crippen LogP contribution in [0.3, 0.4) is 0 Å². The summed E-state index contributed by atoms with van der Waals surface area (Å²) in [4.78, 5) is 12.8. The first kappa shape index (κ1) is 21.6. The number of carbonyl (C=O) groups is 1. The fourth-order valence-corrected chi connectivity index (χ4v) is 3.55. The van der Waals surface area contributed by atoms with Crippen LogP contribution >= 0.6 is 0 Å². The summed E-state index contributed by atoms with van der Waals surface area (Å²) in [6.45, 7) is 1.97. The van der Waals surface area contributed by atoms with E-state index in [0.29, 0.717) is 24.5 Å². The second-order valence-corrected chi connectivity index (χ2v) is 8.37. The normalized spacial score (nSPS) is 11.0. The van der Waals surface area contributed by atoms with Crippen molar-refractivity contribution in [2.75, 3.05) is 37.9 Å². The quantitative estimate of drug-likeness (QED) is 0.691. The molecule has 152 valence electrons. The zero-order valence-electron chi connectivity index (χ0n) is 16.6. The highest BCUT2D eigenvalue weighted by atomic mass is 32.2. The standard InChI is InChI=1S/C20H26N2O5S/c1-5-28(24,25)22(2)17-14-19(27-4)18(26-3)13-16(17)20(23)21-12-11-15-9-7-6-8-10-15/h6-10,13-14H,5,11-12H2,1-4H3,(H,21,23). The number of anilines is 1. The number of nitrogens with one attached hydrogen (secondary N) is 1. The number of nitrogens with zero attached hydrogens (tertiary/aromatic N) is 1. The van der Waals surface area contributed by atoms with Crippen molar-refractivity contribution in [1.29, 1.82) is 0 Å². The molecule has 8 heteroatoms. The Morgan fingerprint density at radius 3 is 2.25 bits per heavy atom. The van der Waals surface area contributed by atoms with Crippen LogP contribution in [0.1, 0.15) is 22.8 Å². The van der Waals surface area contributed by atoms with Gasteiger partial charge in [0.2, 0.25) is 10.0 Å². The van der Waals surface area contributed by atoms with Gasteiger partial charge in [-0.05, 0) is 25.0 Å². The Labute approximate surface area is 166 Å². The lowest BCUT2D eigenvalue weighted by atomic mass is 10.1. The highest BCUT2D eigenvalue weighted by Crippen LogP contribution is 2.35. The first-order valence-electron chi connectivity index (χ1n) is 8.88. The molecule has 2 aromatic rings. The average Bonchev–Trinajstić information content (AvgIpc) is 2.72. The zero-order chi connectivity index (χ0) is 20.7. The predicted octanol–water partition coefficient (Wildman–Crippen LogP) is 2.46. The van der Waals surface area contributed by atoms with E-state index in [9.17, 15) is 13.2 Å². The summed E-state index contributed by atoms with van der Waals surface area (Å²) in [6, 6.07) is 12.8. The van der Waals surface area contributed by atoms with E-state index in [2.05, 4.69) is 5.32 Å². The van der Waals surface area contributed by atoms with Gasteiger partial charge in [-0.1, -0.05) is 30.3 Å². The molecule has 28 heavy (non-hydrogen) atoms. The number of ether oxygens (including phenoxy) is 2. The molecule has 0 fully saturated rings. The van der Waals surface area contributed by atoms with E-state index in [1.807, 2.05) is 30.3 Å². The van der Waals surface area contributed by atoms with Crippen molar-refractivity contribution in [2.24, 2.45) is 0 Å². The second kappa shape index (κ2) is 9.45. The number of hydrogen-bond acceptors (Lipinski definition) is 5. The van der Waals surface area contributed by atoms with Crippen molar-refractivity contribution in [3.05, 3.63) is 53.6 Å². The Kier molecular flexibility index (Phi) is 7.28. The summed E-state index contributed by atoms with van der Waals surface area (Å²) in [5.74, 6) is 0.218. The molecule has 1 N–H and O–H groups in total. The van der Waals surface area contributed by atoms with Crippen LogP contribution < -0.4 is 19.1 Å². The Morgan fingerprint density at radius 1 is 1.07 bits per heavy atom. The summed E-state index contributed by atoms with van der Waals surface area (Å²) < 4.78 is 36.3. The van der Waals surface area contributed by atoms with Gasteiger partial charge in [-0.15, -0.1) is 0 Å². The highest BCUT2D eigenvalue weighted by molar-refractivity contribution is 7.92. The molecule has 0 aromatic heterocycles. The van der Waals surface area contributed by atoms with E-state index in [0.717, 1.165) is 9.87 Å². The minimum Gasteiger partial charge on any atom is -0.493 e. The number of benzene rings is 2. The maximum atomic E-state index is 12.8. The van der Waals surface area contributed by atoms with Crippen molar-refractivity contribution < 1.29 is 22.7 Å². The molecule has 0 aliphatic carbocycles. The third-order valence-electron chi connectivity index (χ3n) is 4.41. The number of carbonyl (C=O) groups excluding carboxylic acids is 1. The van der Waals surface area contributed by atoms with E-state index in [-0.39, 0.29) is 22.9 Å². The van der Waals surface area contributed by atoms with Crippen LogP contribution in [0.4, 0.5) is 5.69 Å². The third kappa shape index (κ3) is 4.95. The zero-order valence-corrected chi connectivity index (χ0v) is 17.4. The molecule has 2 aromatic carbocycles. The monoisotopic (exact) mass is 406 g/mol. The fourth-order valence-electron chi connectivity index (χ4n) is 2.71. The minimum absolute atomic E-state index is 0.0904. The van der Waals surface area contributed by atoms with Gasteiger partial charge in [0.25, 0.3) is 5.91 Å². The van der Waals surface area contributed by atoms with Gasteiger partial charge < -0.3 is 14.8 Å². The number of amides is 1. The molecule has 0 saturated carbocycles. The van der Waals surface area contributed by atoms with E-state index >= 15 is 0 Å². The van der Waals surface area contributed by atoms with Crippen LogP contribution in [0.2, 0.25) is 0 Å². The summed E-state index contributed by atoms with van der Waals surface area (Å²) >= 11 is 0. The van der Waals surface area contributed by atoms with Gasteiger partial charge in [0, 0.05) is 19.7 Å². The van der Waals surface area contributed by atoms with Crippen molar-refractivity contribution in [1.82, 2.24) is 5.32 Å². The van der Waals surface area contributed by atoms with Crippen LogP contribution in [0.15, 0.2) is 42.5 Å². The topological polar surface area (TPSA) is 84.9 Å². The van der Waals surface area contributed by atoms with Gasteiger partial charge in [0.15, 0.2) is 11.5 Å². The maximum Gasteiger partial charge on any atom is 0.253 e. The van der Waals surface area contributed by atoms with Gasteiger partial charge in [-0.3, -0.25) is 9.10 Å².